The van der Waals surface area contributed by atoms with Crippen LogP contribution in [0.15, 0.2) is 22.7 Å². The summed E-state index contributed by atoms with van der Waals surface area (Å²) in [5, 5.41) is 0.670. The molecule has 4 N–H and O–H groups in total. The van der Waals surface area contributed by atoms with E-state index >= 15 is 0 Å². The van der Waals surface area contributed by atoms with Crippen molar-refractivity contribution in [3.8, 4) is 0 Å². The zero-order chi connectivity index (χ0) is 9.14. The van der Waals surface area contributed by atoms with Crippen LogP contribution in [0.4, 0.5) is 0 Å². The molecule has 0 amide bonds. The maximum atomic E-state index is 5.82. The van der Waals surface area contributed by atoms with Crippen molar-refractivity contribution in [1.82, 2.24) is 0 Å². The fourth-order valence-electron chi connectivity index (χ4n) is 0.925. The molecule has 0 bridgehead atoms. The second-order valence-electron chi connectivity index (χ2n) is 2.54. The first-order valence-corrected chi connectivity index (χ1v) is 4.72. The predicted molar refractivity (Wildman–Crippen MR) is 55.1 cm³/mol. The van der Waals surface area contributed by atoms with Gasteiger partial charge in [0.1, 0.15) is 0 Å². The second-order valence-corrected chi connectivity index (χ2v) is 3.90. The number of benzene rings is 1. The molecule has 2 nitrogen and oxygen atoms in total. The van der Waals surface area contributed by atoms with Gasteiger partial charge < -0.3 is 11.5 Å². The van der Waals surface area contributed by atoms with Crippen LogP contribution in [0, 0.1) is 0 Å². The maximum absolute atomic E-state index is 5.82. The Kier molecular flexibility index (Phi) is 3.53. The molecule has 0 aliphatic heterocycles. The van der Waals surface area contributed by atoms with Gasteiger partial charge in [0.2, 0.25) is 0 Å². The molecule has 0 saturated heterocycles. The van der Waals surface area contributed by atoms with Crippen LogP contribution >= 0.6 is 27.5 Å². The molecule has 0 fully saturated rings. The van der Waals surface area contributed by atoms with Crippen molar-refractivity contribution in [2.45, 2.75) is 6.04 Å². The van der Waals surface area contributed by atoms with E-state index in [1.807, 2.05) is 18.2 Å². The van der Waals surface area contributed by atoms with Crippen LogP contribution in [0.5, 0.6) is 0 Å². The lowest BCUT2D eigenvalue weighted by molar-refractivity contribution is 0.737. The van der Waals surface area contributed by atoms with Gasteiger partial charge in [0.05, 0.1) is 0 Å². The normalized spacial score (nSPS) is 13.0. The van der Waals surface area contributed by atoms with Crippen molar-refractivity contribution in [3.05, 3.63) is 33.3 Å². The summed E-state index contributed by atoms with van der Waals surface area (Å²) in [5.74, 6) is 0. The van der Waals surface area contributed by atoms with Crippen molar-refractivity contribution < 1.29 is 0 Å². The molecule has 1 aromatic carbocycles. The van der Waals surface area contributed by atoms with Gasteiger partial charge in [-0.1, -0.05) is 27.5 Å². The van der Waals surface area contributed by atoms with E-state index in [1.54, 1.807) is 0 Å². The average Bonchev–Trinajstić information content (AvgIpc) is 2.01. The van der Waals surface area contributed by atoms with Crippen molar-refractivity contribution in [2.24, 2.45) is 11.5 Å². The molecule has 0 unspecified atom stereocenters. The summed E-state index contributed by atoms with van der Waals surface area (Å²) in [6.07, 6.45) is 0. The molecule has 0 aromatic heterocycles. The van der Waals surface area contributed by atoms with Crippen molar-refractivity contribution in [3.63, 3.8) is 0 Å². The van der Waals surface area contributed by atoms with E-state index in [4.69, 9.17) is 23.1 Å². The molecule has 66 valence electrons. The third-order valence-electron chi connectivity index (χ3n) is 1.57. The predicted octanol–water partition coefficient (Wildman–Crippen LogP) is 2.06. The van der Waals surface area contributed by atoms with E-state index in [1.165, 1.54) is 0 Å². The van der Waals surface area contributed by atoms with Crippen LogP contribution in [0.1, 0.15) is 11.6 Å². The van der Waals surface area contributed by atoms with Gasteiger partial charge in [-0.05, 0) is 23.8 Å². The van der Waals surface area contributed by atoms with Gasteiger partial charge in [-0.2, -0.15) is 0 Å². The molecule has 0 saturated carbocycles. The van der Waals surface area contributed by atoms with E-state index in [2.05, 4.69) is 15.9 Å². The van der Waals surface area contributed by atoms with Crippen molar-refractivity contribution >= 4 is 27.5 Å². The van der Waals surface area contributed by atoms with E-state index in [-0.39, 0.29) is 6.04 Å². The fourth-order valence-corrected chi connectivity index (χ4v) is 1.81. The lowest BCUT2D eigenvalue weighted by atomic mass is 10.1. The Balaban J connectivity index is 3.00. The molecule has 0 heterocycles. The molecular weight excluding hydrogens is 239 g/mol. The monoisotopic (exact) mass is 248 g/mol. The molecule has 1 atom stereocenters. The molecule has 1 rings (SSSR count). The Bertz CT molecular complexity index is 258. The van der Waals surface area contributed by atoms with E-state index in [0.717, 1.165) is 10.0 Å². The molecule has 12 heavy (non-hydrogen) atoms. The first-order chi connectivity index (χ1) is 5.63. The van der Waals surface area contributed by atoms with Gasteiger partial charge in [0.15, 0.2) is 0 Å². The Morgan fingerprint density at radius 1 is 1.42 bits per heavy atom. The Morgan fingerprint density at radius 3 is 2.58 bits per heavy atom. The van der Waals surface area contributed by atoms with E-state index < -0.39 is 0 Å². The van der Waals surface area contributed by atoms with Crippen molar-refractivity contribution in [2.75, 3.05) is 6.54 Å². The lowest BCUT2D eigenvalue weighted by Gasteiger charge is -2.09. The molecule has 1 aromatic rings. The van der Waals surface area contributed by atoms with Gasteiger partial charge in [0.25, 0.3) is 0 Å². The highest BCUT2D eigenvalue weighted by molar-refractivity contribution is 9.10. The summed E-state index contributed by atoms with van der Waals surface area (Å²) >= 11 is 9.15. The molecule has 0 spiro atoms. The number of rotatable bonds is 2. The molecular formula is C8H10BrClN2. The topological polar surface area (TPSA) is 52.0 Å². The third kappa shape index (κ3) is 2.45. The molecule has 4 heteroatoms. The first-order valence-electron chi connectivity index (χ1n) is 3.55. The zero-order valence-corrected chi connectivity index (χ0v) is 8.77. The van der Waals surface area contributed by atoms with Crippen LogP contribution in [0.3, 0.4) is 0 Å². The first kappa shape index (κ1) is 9.99. The summed E-state index contributed by atoms with van der Waals surface area (Å²) < 4.78 is 0.925. The Morgan fingerprint density at radius 2 is 2.08 bits per heavy atom. The van der Waals surface area contributed by atoms with Gasteiger partial charge in [-0.3, -0.25) is 0 Å². The standard InChI is InChI=1S/C8H10BrClN2/c9-6-1-5(8(12)4-11)2-7(10)3-6/h1-3,8H,4,11-12H2/t8-/m1/s1. The van der Waals surface area contributed by atoms with Gasteiger partial charge in [0, 0.05) is 22.1 Å². The number of halogens is 2. The third-order valence-corrected chi connectivity index (χ3v) is 2.24. The minimum Gasteiger partial charge on any atom is -0.329 e. The van der Waals surface area contributed by atoms with Gasteiger partial charge in [-0.15, -0.1) is 0 Å². The second kappa shape index (κ2) is 4.23. The fraction of sp³-hybridized carbons (Fsp3) is 0.250. The van der Waals surface area contributed by atoms with Gasteiger partial charge >= 0.3 is 0 Å². The van der Waals surface area contributed by atoms with Crippen LogP contribution in [-0.4, -0.2) is 6.54 Å². The largest absolute Gasteiger partial charge is 0.329 e. The summed E-state index contributed by atoms with van der Waals surface area (Å²) in [7, 11) is 0. The van der Waals surface area contributed by atoms with Crippen LogP contribution in [0.2, 0.25) is 5.02 Å². The highest BCUT2D eigenvalue weighted by Crippen LogP contribution is 2.22. The van der Waals surface area contributed by atoms with Crippen molar-refractivity contribution in [1.29, 1.82) is 0 Å². The summed E-state index contributed by atoms with van der Waals surface area (Å²) in [6, 6.07) is 5.42. The maximum Gasteiger partial charge on any atom is 0.0420 e. The highest BCUT2D eigenvalue weighted by Gasteiger charge is 2.04. The minimum atomic E-state index is -0.139. The summed E-state index contributed by atoms with van der Waals surface area (Å²) in [6.45, 7) is 0.423. The summed E-state index contributed by atoms with van der Waals surface area (Å²) in [4.78, 5) is 0. The smallest absolute Gasteiger partial charge is 0.0420 e. The SMILES string of the molecule is NC[C@@H](N)c1cc(Cl)cc(Br)c1. The number of hydrogen-bond donors (Lipinski definition) is 2. The van der Waals surface area contributed by atoms with Gasteiger partial charge in [-0.25, -0.2) is 0 Å². The number of nitrogens with two attached hydrogens (primary N) is 2. The quantitative estimate of drug-likeness (QED) is 0.843. The van der Waals surface area contributed by atoms with Crippen LogP contribution in [0.25, 0.3) is 0 Å². The molecule has 0 aliphatic rings. The highest BCUT2D eigenvalue weighted by atomic mass is 79.9. The van der Waals surface area contributed by atoms with Crippen LogP contribution in [-0.2, 0) is 0 Å². The minimum absolute atomic E-state index is 0.139. The molecule has 0 aliphatic carbocycles. The lowest BCUT2D eigenvalue weighted by Crippen LogP contribution is -2.20. The Hall–Kier alpha value is -0.0900. The van der Waals surface area contributed by atoms with E-state index in [9.17, 15) is 0 Å². The molecule has 0 radical (unpaired) electrons. The summed E-state index contributed by atoms with van der Waals surface area (Å²) in [5.41, 5.74) is 12.1. The average molecular weight is 250 g/mol. The van der Waals surface area contributed by atoms with Crippen LogP contribution < -0.4 is 11.5 Å². The number of hydrogen-bond acceptors (Lipinski definition) is 2. The zero-order valence-electron chi connectivity index (χ0n) is 6.43. The Labute approximate surface area is 85.0 Å². The van der Waals surface area contributed by atoms with E-state index in [0.29, 0.717) is 11.6 Å².